The minimum absolute atomic E-state index is 0.630. The van der Waals surface area contributed by atoms with Gasteiger partial charge in [0.1, 0.15) is 11.7 Å². The van der Waals surface area contributed by atoms with Crippen molar-refractivity contribution in [1.82, 2.24) is 0 Å². The van der Waals surface area contributed by atoms with E-state index >= 15 is 0 Å². The molecule has 0 fully saturated rings. The Morgan fingerprint density at radius 1 is 1.06 bits per heavy atom. The number of hydrogen-bond acceptors (Lipinski definition) is 2. The summed E-state index contributed by atoms with van der Waals surface area (Å²) < 4.78 is 5.43. The lowest BCUT2D eigenvalue weighted by molar-refractivity contribution is 0.220. The molecule has 18 heavy (non-hydrogen) atoms. The van der Waals surface area contributed by atoms with Crippen molar-refractivity contribution in [2.24, 2.45) is 0 Å². The molecule has 1 heterocycles. The molecule has 0 saturated heterocycles. The quantitative estimate of drug-likeness (QED) is 0.748. The predicted octanol–water partition coefficient (Wildman–Crippen LogP) is 4.17. The van der Waals surface area contributed by atoms with E-state index in [1.54, 1.807) is 18.4 Å². The van der Waals surface area contributed by atoms with Gasteiger partial charge in [-0.3, -0.25) is 0 Å². The predicted molar refractivity (Wildman–Crippen MR) is 71.7 cm³/mol. The van der Waals surface area contributed by atoms with E-state index in [2.05, 4.69) is 0 Å². The van der Waals surface area contributed by atoms with E-state index < -0.39 is 6.10 Å². The van der Waals surface area contributed by atoms with Crippen molar-refractivity contribution in [3.63, 3.8) is 0 Å². The second kappa shape index (κ2) is 4.48. The van der Waals surface area contributed by atoms with E-state index in [4.69, 9.17) is 16.0 Å². The molecule has 0 amide bonds. The average Bonchev–Trinajstić information content (AvgIpc) is 2.82. The van der Waals surface area contributed by atoms with E-state index in [0.29, 0.717) is 5.02 Å². The molecule has 3 rings (SSSR count). The largest absolute Gasteiger partial charge is 0.464 e. The van der Waals surface area contributed by atoms with Crippen molar-refractivity contribution in [3.8, 4) is 0 Å². The first-order valence-corrected chi connectivity index (χ1v) is 6.03. The van der Waals surface area contributed by atoms with E-state index in [-0.39, 0.29) is 0 Å². The van der Waals surface area contributed by atoms with Crippen LogP contribution in [0, 0.1) is 0 Å². The monoisotopic (exact) mass is 258 g/mol. The first kappa shape index (κ1) is 11.3. The fourth-order valence-corrected chi connectivity index (χ4v) is 2.22. The summed E-state index contributed by atoms with van der Waals surface area (Å²) in [4.78, 5) is 0. The van der Waals surface area contributed by atoms with Gasteiger partial charge in [-0.25, -0.2) is 0 Å². The van der Waals surface area contributed by atoms with E-state index in [1.165, 1.54) is 0 Å². The third-order valence-electron chi connectivity index (χ3n) is 2.98. The molecule has 3 aromatic rings. The van der Waals surface area contributed by atoms with Gasteiger partial charge < -0.3 is 9.52 Å². The lowest BCUT2D eigenvalue weighted by Gasteiger charge is -2.09. The second-order valence-electron chi connectivity index (χ2n) is 4.14. The number of aliphatic hydroxyl groups is 1. The van der Waals surface area contributed by atoms with E-state index in [0.717, 1.165) is 22.1 Å². The van der Waals surface area contributed by atoms with Gasteiger partial charge >= 0.3 is 0 Å². The summed E-state index contributed by atoms with van der Waals surface area (Å²) in [5, 5.41) is 11.8. The fourth-order valence-electron chi connectivity index (χ4n) is 2.05. The highest BCUT2D eigenvalue weighted by atomic mass is 35.5. The van der Waals surface area contributed by atoms with Crippen LogP contribution in [-0.2, 0) is 0 Å². The van der Waals surface area contributed by atoms with Crippen LogP contribution in [0.4, 0.5) is 0 Å². The molecule has 90 valence electrons. The Bertz CT molecular complexity index is 673. The van der Waals surface area contributed by atoms with Crippen LogP contribution in [0.25, 0.3) is 11.0 Å². The van der Waals surface area contributed by atoms with Gasteiger partial charge in [0, 0.05) is 16.0 Å². The van der Waals surface area contributed by atoms with Gasteiger partial charge in [0.05, 0.1) is 6.26 Å². The van der Waals surface area contributed by atoms with Crippen LogP contribution in [0.3, 0.4) is 0 Å². The number of rotatable bonds is 2. The molecule has 0 aliphatic heterocycles. The van der Waals surface area contributed by atoms with Crippen molar-refractivity contribution in [2.45, 2.75) is 6.10 Å². The minimum atomic E-state index is -0.703. The number of benzene rings is 2. The van der Waals surface area contributed by atoms with Crippen molar-refractivity contribution < 1.29 is 9.52 Å². The summed E-state index contributed by atoms with van der Waals surface area (Å²) in [5.74, 6) is 0. The molecule has 2 nitrogen and oxygen atoms in total. The van der Waals surface area contributed by atoms with Crippen molar-refractivity contribution in [2.75, 3.05) is 0 Å². The van der Waals surface area contributed by atoms with Gasteiger partial charge in [-0.05, 0) is 23.8 Å². The Labute approximate surface area is 109 Å². The van der Waals surface area contributed by atoms with Crippen LogP contribution in [0.2, 0.25) is 5.02 Å². The number of aliphatic hydroxyl groups excluding tert-OH is 1. The molecule has 0 radical (unpaired) electrons. The van der Waals surface area contributed by atoms with Crippen LogP contribution < -0.4 is 0 Å². The first-order chi connectivity index (χ1) is 8.75. The molecule has 0 bridgehead atoms. The smallest absolute Gasteiger partial charge is 0.134 e. The molecule has 0 aliphatic carbocycles. The van der Waals surface area contributed by atoms with Crippen LogP contribution >= 0.6 is 11.6 Å². The van der Waals surface area contributed by atoms with Gasteiger partial charge in [0.25, 0.3) is 0 Å². The maximum absolute atomic E-state index is 10.4. The summed E-state index contributed by atoms with van der Waals surface area (Å²) >= 11 is 5.97. The highest BCUT2D eigenvalue weighted by molar-refractivity contribution is 6.31. The summed E-state index contributed by atoms with van der Waals surface area (Å²) in [6, 6.07) is 14.9. The molecular formula is C15H11ClO2. The Morgan fingerprint density at radius 2 is 1.83 bits per heavy atom. The van der Waals surface area contributed by atoms with Gasteiger partial charge in [0.2, 0.25) is 0 Å². The zero-order chi connectivity index (χ0) is 12.5. The molecule has 2 aromatic carbocycles. The third-order valence-corrected chi connectivity index (χ3v) is 3.21. The summed E-state index contributed by atoms with van der Waals surface area (Å²) in [7, 11) is 0. The second-order valence-corrected chi connectivity index (χ2v) is 4.58. The minimum Gasteiger partial charge on any atom is -0.464 e. The average molecular weight is 259 g/mol. The number of hydrogen-bond donors (Lipinski definition) is 1. The summed E-state index contributed by atoms with van der Waals surface area (Å²) in [6.45, 7) is 0. The molecular weight excluding hydrogens is 248 g/mol. The highest BCUT2D eigenvalue weighted by Gasteiger charge is 2.16. The summed E-state index contributed by atoms with van der Waals surface area (Å²) in [6.07, 6.45) is 0.879. The van der Waals surface area contributed by atoms with E-state index in [9.17, 15) is 5.11 Å². The fraction of sp³-hybridized carbons (Fsp3) is 0.0667. The Hall–Kier alpha value is -1.77. The van der Waals surface area contributed by atoms with Gasteiger partial charge in [-0.2, -0.15) is 0 Å². The normalized spacial score (nSPS) is 12.8. The maximum atomic E-state index is 10.4. The number of furan rings is 1. The van der Waals surface area contributed by atoms with Crippen LogP contribution in [0.5, 0.6) is 0 Å². The van der Waals surface area contributed by atoms with Crippen LogP contribution in [-0.4, -0.2) is 5.11 Å². The zero-order valence-electron chi connectivity index (χ0n) is 9.51. The number of fused-ring (bicyclic) bond motifs is 1. The molecule has 1 unspecified atom stereocenters. The van der Waals surface area contributed by atoms with E-state index in [1.807, 2.05) is 36.4 Å². The summed E-state index contributed by atoms with van der Waals surface area (Å²) in [5.41, 5.74) is 2.29. The highest BCUT2D eigenvalue weighted by Crippen LogP contribution is 2.31. The van der Waals surface area contributed by atoms with Crippen LogP contribution in [0.15, 0.2) is 59.2 Å². The first-order valence-electron chi connectivity index (χ1n) is 5.65. The van der Waals surface area contributed by atoms with Crippen molar-refractivity contribution >= 4 is 22.6 Å². The van der Waals surface area contributed by atoms with Crippen molar-refractivity contribution in [3.05, 3.63) is 70.9 Å². The molecule has 1 aromatic heterocycles. The Morgan fingerprint density at radius 3 is 2.61 bits per heavy atom. The van der Waals surface area contributed by atoms with Crippen molar-refractivity contribution in [1.29, 1.82) is 0 Å². The third kappa shape index (κ3) is 1.90. The SMILES string of the molecule is OC(c1ccccc1)c1coc2ccc(Cl)cc12. The standard InChI is InChI=1S/C15H11ClO2/c16-11-6-7-14-12(8-11)13(9-18-14)15(17)10-4-2-1-3-5-10/h1-9,15,17H. The van der Waals surface area contributed by atoms with Gasteiger partial charge in [0.15, 0.2) is 0 Å². The topological polar surface area (TPSA) is 33.4 Å². The molecule has 1 atom stereocenters. The Balaban J connectivity index is 2.12. The molecule has 1 N–H and O–H groups in total. The lowest BCUT2D eigenvalue weighted by atomic mass is 10.0. The maximum Gasteiger partial charge on any atom is 0.134 e. The molecule has 0 spiro atoms. The van der Waals surface area contributed by atoms with Crippen LogP contribution in [0.1, 0.15) is 17.2 Å². The van der Waals surface area contributed by atoms with Gasteiger partial charge in [-0.15, -0.1) is 0 Å². The lowest BCUT2D eigenvalue weighted by Crippen LogP contribution is -1.97. The van der Waals surface area contributed by atoms with Gasteiger partial charge in [-0.1, -0.05) is 41.9 Å². The Kier molecular flexibility index (Phi) is 2.82. The zero-order valence-corrected chi connectivity index (χ0v) is 10.3. The molecule has 0 saturated carbocycles. The number of halogens is 1. The molecule has 0 aliphatic rings. The molecule has 3 heteroatoms.